The molecular weight excluding hydrogens is 229 g/mol. The van der Waals surface area contributed by atoms with Crippen molar-refractivity contribution in [3.8, 4) is 11.8 Å². The summed E-state index contributed by atoms with van der Waals surface area (Å²) in [6, 6.07) is 13.8. The molecule has 2 rings (SSSR count). The molecule has 0 spiro atoms. The Kier molecular flexibility index (Phi) is 3.59. The molecule has 0 atom stereocenters. The molecule has 2 nitrogen and oxygen atoms in total. The molecule has 0 N–H and O–H groups in total. The van der Waals surface area contributed by atoms with Gasteiger partial charge in [-0.3, -0.25) is 0 Å². The van der Waals surface area contributed by atoms with Crippen molar-refractivity contribution in [2.75, 3.05) is 0 Å². The first kappa shape index (κ1) is 12.1. The second-order valence-corrected chi connectivity index (χ2v) is 3.97. The quantitative estimate of drug-likeness (QED) is 0.822. The van der Waals surface area contributed by atoms with Crippen LogP contribution in [0, 0.1) is 24.1 Å². The standard InChI is InChI=1S/C15H12FNO/c1-11-8-14(16)6-7-15(11)18-10-13-5-3-2-4-12(13)9-17/h2-8H,10H2,1H3. The van der Waals surface area contributed by atoms with E-state index in [1.807, 2.05) is 18.2 Å². The summed E-state index contributed by atoms with van der Waals surface area (Å²) in [4.78, 5) is 0. The Labute approximate surface area is 105 Å². The molecule has 90 valence electrons. The highest BCUT2D eigenvalue weighted by Gasteiger charge is 2.04. The highest BCUT2D eigenvalue weighted by atomic mass is 19.1. The largest absolute Gasteiger partial charge is 0.489 e. The van der Waals surface area contributed by atoms with E-state index in [9.17, 15) is 4.39 Å². The minimum atomic E-state index is -0.280. The minimum absolute atomic E-state index is 0.280. The maximum absolute atomic E-state index is 12.9. The van der Waals surface area contributed by atoms with Crippen LogP contribution in [-0.2, 0) is 6.61 Å². The molecule has 0 aromatic heterocycles. The molecule has 0 aliphatic carbocycles. The Bertz CT molecular complexity index is 602. The average Bonchev–Trinajstić information content (AvgIpc) is 2.38. The molecule has 2 aromatic rings. The molecule has 0 aliphatic rings. The van der Waals surface area contributed by atoms with Crippen molar-refractivity contribution in [1.82, 2.24) is 0 Å². The molecule has 0 saturated heterocycles. The van der Waals surface area contributed by atoms with Gasteiger partial charge in [-0.05, 0) is 36.8 Å². The van der Waals surface area contributed by atoms with Crippen LogP contribution in [0.2, 0.25) is 0 Å². The summed E-state index contributed by atoms with van der Waals surface area (Å²) in [6.07, 6.45) is 0. The highest BCUT2D eigenvalue weighted by Crippen LogP contribution is 2.20. The van der Waals surface area contributed by atoms with Crippen molar-refractivity contribution in [2.45, 2.75) is 13.5 Å². The Morgan fingerprint density at radius 3 is 2.72 bits per heavy atom. The van der Waals surface area contributed by atoms with E-state index in [-0.39, 0.29) is 5.82 Å². The van der Waals surface area contributed by atoms with Gasteiger partial charge in [0, 0.05) is 5.56 Å². The Morgan fingerprint density at radius 2 is 2.00 bits per heavy atom. The fraction of sp³-hybridized carbons (Fsp3) is 0.133. The molecule has 2 aromatic carbocycles. The zero-order chi connectivity index (χ0) is 13.0. The molecule has 0 radical (unpaired) electrons. The number of nitriles is 1. The third kappa shape index (κ3) is 2.67. The van der Waals surface area contributed by atoms with Gasteiger partial charge in [0.1, 0.15) is 18.2 Å². The first-order valence-corrected chi connectivity index (χ1v) is 5.57. The van der Waals surface area contributed by atoms with Gasteiger partial charge in [-0.1, -0.05) is 18.2 Å². The molecule has 0 amide bonds. The topological polar surface area (TPSA) is 33.0 Å². The Hall–Kier alpha value is -2.34. The molecule has 3 heteroatoms. The number of halogens is 1. The fourth-order valence-electron chi connectivity index (χ4n) is 1.69. The van der Waals surface area contributed by atoms with Crippen molar-refractivity contribution in [3.05, 3.63) is 65.0 Å². The SMILES string of the molecule is Cc1cc(F)ccc1OCc1ccccc1C#N. The van der Waals surface area contributed by atoms with Crippen molar-refractivity contribution < 1.29 is 9.13 Å². The Balaban J connectivity index is 2.14. The van der Waals surface area contributed by atoms with Gasteiger partial charge in [-0.25, -0.2) is 4.39 Å². The number of nitrogens with zero attached hydrogens (tertiary/aromatic N) is 1. The molecule has 0 heterocycles. The first-order valence-electron chi connectivity index (χ1n) is 5.57. The summed E-state index contributed by atoms with van der Waals surface area (Å²) in [5, 5.41) is 8.95. The number of rotatable bonds is 3. The molecule has 0 aliphatic heterocycles. The monoisotopic (exact) mass is 241 g/mol. The third-order valence-corrected chi connectivity index (χ3v) is 2.66. The van der Waals surface area contributed by atoms with Gasteiger partial charge >= 0.3 is 0 Å². The number of hydrogen-bond acceptors (Lipinski definition) is 2. The molecular formula is C15H12FNO. The van der Waals surface area contributed by atoms with E-state index in [2.05, 4.69) is 6.07 Å². The van der Waals surface area contributed by atoms with Gasteiger partial charge in [0.05, 0.1) is 11.6 Å². The van der Waals surface area contributed by atoms with E-state index in [1.165, 1.54) is 12.1 Å². The van der Waals surface area contributed by atoms with Crippen LogP contribution in [0.5, 0.6) is 5.75 Å². The number of aryl methyl sites for hydroxylation is 1. The summed E-state index contributed by atoms with van der Waals surface area (Å²) in [5.74, 6) is 0.349. The van der Waals surface area contributed by atoms with E-state index in [1.54, 1.807) is 19.1 Å². The predicted octanol–water partition coefficient (Wildman–Crippen LogP) is 3.58. The lowest BCUT2D eigenvalue weighted by Gasteiger charge is -2.09. The number of benzene rings is 2. The maximum Gasteiger partial charge on any atom is 0.123 e. The van der Waals surface area contributed by atoms with Crippen molar-refractivity contribution >= 4 is 0 Å². The lowest BCUT2D eigenvalue weighted by molar-refractivity contribution is 0.303. The van der Waals surface area contributed by atoms with Gasteiger partial charge < -0.3 is 4.74 Å². The van der Waals surface area contributed by atoms with Crippen LogP contribution in [0.1, 0.15) is 16.7 Å². The fourth-order valence-corrected chi connectivity index (χ4v) is 1.69. The predicted molar refractivity (Wildman–Crippen MR) is 66.6 cm³/mol. The van der Waals surface area contributed by atoms with E-state index in [4.69, 9.17) is 10.00 Å². The smallest absolute Gasteiger partial charge is 0.123 e. The van der Waals surface area contributed by atoms with Crippen molar-refractivity contribution in [1.29, 1.82) is 5.26 Å². The van der Waals surface area contributed by atoms with Gasteiger partial charge in [0.2, 0.25) is 0 Å². The average molecular weight is 241 g/mol. The molecule has 0 saturated carbocycles. The van der Waals surface area contributed by atoms with Crippen LogP contribution in [0.4, 0.5) is 4.39 Å². The zero-order valence-electron chi connectivity index (χ0n) is 9.98. The summed E-state index contributed by atoms with van der Waals surface area (Å²) in [6.45, 7) is 2.09. The van der Waals surface area contributed by atoms with Gasteiger partial charge in [-0.2, -0.15) is 5.26 Å². The van der Waals surface area contributed by atoms with Crippen LogP contribution in [-0.4, -0.2) is 0 Å². The normalized spacial score (nSPS) is 9.83. The van der Waals surface area contributed by atoms with E-state index >= 15 is 0 Å². The summed E-state index contributed by atoms with van der Waals surface area (Å²) in [7, 11) is 0. The molecule has 0 fully saturated rings. The second kappa shape index (κ2) is 5.33. The summed E-state index contributed by atoms with van der Waals surface area (Å²) in [5.41, 5.74) is 2.16. The van der Waals surface area contributed by atoms with E-state index < -0.39 is 0 Å². The number of ether oxygens (including phenoxy) is 1. The molecule has 0 unspecified atom stereocenters. The summed E-state index contributed by atoms with van der Waals surface area (Å²) >= 11 is 0. The van der Waals surface area contributed by atoms with Crippen LogP contribution < -0.4 is 4.74 Å². The van der Waals surface area contributed by atoms with Crippen LogP contribution in [0.25, 0.3) is 0 Å². The van der Waals surface area contributed by atoms with E-state index in [0.717, 1.165) is 11.1 Å². The van der Waals surface area contributed by atoms with Crippen LogP contribution in [0.3, 0.4) is 0 Å². The zero-order valence-corrected chi connectivity index (χ0v) is 9.98. The van der Waals surface area contributed by atoms with Crippen LogP contribution in [0.15, 0.2) is 42.5 Å². The van der Waals surface area contributed by atoms with Crippen molar-refractivity contribution in [2.24, 2.45) is 0 Å². The minimum Gasteiger partial charge on any atom is -0.489 e. The lowest BCUT2D eigenvalue weighted by Crippen LogP contribution is -1.99. The number of hydrogen-bond donors (Lipinski definition) is 0. The lowest BCUT2D eigenvalue weighted by atomic mass is 10.1. The second-order valence-electron chi connectivity index (χ2n) is 3.97. The van der Waals surface area contributed by atoms with Gasteiger partial charge in [0.15, 0.2) is 0 Å². The third-order valence-electron chi connectivity index (χ3n) is 2.66. The first-order chi connectivity index (χ1) is 8.70. The molecule has 0 bridgehead atoms. The van der Waals surface area contributed by atoms with E-state index in [0.29, 0.717) is 17.9 Å². The highest BCUT2D eigenvalue weighted by molar-refractivity contribution is 5.38. The van der Waals surface area contributed by atoms with Crippen LogP contribution >= 0.6 is 0 Å². The molecule has 18 heavy (non-hydrogen) atoms. The van der Waals surface area contributed by atoms with Crippen molar-refractivity contribution in [3.63, 3.8) is 0 Å². The van der Waals surface area contributed by atoms with Gasteiger partial charge in [0.25, 0.3) is 0 Å². The maximum atomic E-state index is 12.9. The Morgan fingerprint density at radius 1 is 1.22 bits per heavy atom. The summed E-state index contributed by atoms with van der Waals surface area (Å²) < 4.78 is 18.5. The van der Waals surface area contributed by atoms with Gasteiger partial charge in [-0.15, -0.1) is 0 Å².